The van der Waals surface area contributed by atoms with Crippen LogP contribution < -0.4 is 0 Å². The van der Waals surface area contributed by atoms with Crippen molar-refractivity contribution in [2.24, 2.45) is 5.92 Å². The van der Waals surface area contributed by atoms with E-state index in [0.717, 1.165) is 18.4 Å². The fourth-order valence-electron chi connectivity index (χ4n) is 3.67. The standard InChI is InChI=1S/C19H29N3O3S/c1-16-7-11-22(12-8-16)26(24,25)21-10-4-9-20(13-14-21)19(23)18-6-3-5-17(2)15-18/h3,5-6,15-16H,4,7-14H2,1-2H3. The molecule has 2 aliphatic rings. The number of hydrogen-bond donors (Lipinski definition) is 0. The molecule has 6 nitrogen and oxygen atoms in total. The maximum atomic E-state index is 12.9. The number of piperidine rings is 1. The molecule has 1 aromatic rings. The molecule has 2 saturated heterocycles. The van der Waals surface area contributed by atoms with Crippen molar-refractivity contribution in [3.8, 4) is 0 Å². The van der Waals surface area contributed by atoms with Crippen LogP contribution in [0.15, 0.2) is 24.3 Å². The smallest absolute Gasteiger partial charge is 0.282 e. The number of amides is 1. The minimum Gasteiger partial charge on any atom is -0.337 e. The van der Waals surface area contributed by atoms with E-state index in [4.69, 9.17) is 0 Å². The Balaban J connectivity index is 1.65. The van der Waals surface area contributed by atoms with Crippen LogP contribution in [0.3, 0.4) is 0 Å². The van der Waals surface area contributed by atoms with E-state index in [1.54, 1.807) is 13.5 Å². The molecule has 144 valence electrons. The highest BCUT2D eigenvalue weighted by atomic mass is 32.2. The molecule has 0 spiro atoms. The first-order valence-electron chi connectivity index (χ1n) is 9.49. The van der Waals surface area contributed by atoms with Gasteiger partial charge in [-0.15, -0.1) is 0 Å². The summed E-state index contributed by atoms with van der Waals surface area (Å²) in [5, 5.41) is 0. The van der Waals surface area contributed by atoms with Gasteiger partial charge < -0.3 is 4.90 Å². The molecule has 0 unspecified atom stereocenters. The predicted molar refractivity (Wildman–Crippen MR) is 102 cm³/mol. The Kier molecular flexibility index (Phi) is 5.99. The molecule has 1 aromatic carbocycles. The van der Waals surface area contributed by atoms with Gasteiger partial charge in [-0.05, 0) is 44.2 Å². The highest BCUT2D eigenvalue weighted by Crippen LogP contribution is 2.22. The summed E-state index contributed by atoms with van der Waals surface area (Å²) in [7, 11) is -3.42. The summed E-state index contributed by atoms with van der Waals surface area (Å²) < 4.78 is 29.1. The van der Waals surface area contributed by atoms with Crippen molar-refractivity contribution in [2.75, 3.05) is 39.3 Å². The van der Waals surface area contributed by atoms with Gasteiger partial charge in [0.15, 0.2) is 0 Å². The number of benzene rings is 1. The Bertz CT molecular complexity index is 742. The molecule has 3 rings (SSSR count). The molecule has 0 saturated carbocycles. The van der Waals surface area contributed by atoms with Crippen LogP contribution in [0, 0.1) is 12.8 Å². The van der Waals surface area contributed by atoms with Gasteiger partial charge in [0, 0.05) is 44.8 Å². The minimum atomic E-state index is -3.42. The number of hydrogen-bond acceptors (Lipinski definition) is 3. The second-order valence-corrected chi connectivity index (χ2v) is 9.43. The molecular formula is C19H29N3O3S. The summed E-state index contributed by atoms with van der Waals surface area (Å²) in [4.78, 5) is 14.5. The fourth-order valence-corrected chi connectivity index (χ4v) is 5.34. The molecule has 7 heteroatoms. The summed E-state index contributed by atoms with van der Waals surface area (Å²) >= 11 is 0. The Hall–Kier alpha value is -1.44. The molecule has 0 atom stereocenters. The van der Waals surface area contributed by atoms with E-state index >= 15 is 0 Å². The monoisotopic (exact) mass is 379 g/mol. The highest BCUT2D eigenvalue weighted by Gasteiger charge is 2.33. The van der Waals surface area contributed by atoms with Crippen LogP contribution in [0.2, 0.25) is 0 Å². The minimum absolute atomic E-state index is 0.0141. The predicted octanol–water partition coefficient (Wildman–Crippen LogP) is 2.12. The third kappa shape index (κ3) is 4.27. The molecule has 0 radical (unpaired) electrons. The van der Waals surface area contributed by atoms with Gasteiger partial charge in [0.05, 0.1) is 0 Å². The molecule has 1 amide bonds. The first-order chi connectivity index (χ1) is 12.4. The number of carbonyl (C=O) groups is 1. The lowest BCUT2D eigenvalue weighted by Crippen LogP contribution is -2.48. The average Bonchev–Trinajstić information content (AvgIpc) is 2.88. The van der Waals surface area contributed by atoms with Crippen molar-refractivity contribution in [1.82, 2.24) is 13.5 Å². The van der Waals surface area contributed by atoms with Crippen LogP contribution in [0.5, 0.6) is 0 Å². The first-order valence-corrected chi connectivity index (χ1v) is 10.9. The largest absolute Gasteiger partial charge is 0.337 e. The van der Waals surface area contributed by atoms with Crippen LogP contribution in [0.25, 0.3) is 0 Å². The van der Waals surface area contributed by atoms with E-state index in [1.807, 2.05) is 31.2 Å². The summed E-state index contributed by atoms with van der Waals surface area (Å²) in [6, 6.07) is 7.56. The highest BCUT2D eigenvalue weighted by molar-refractivity contribution is 7.86. The molecule has 0 bridgehead atoms. The van der Waals surface area contributed by atoms with E-state index in [-0.39, 0.29) is 5.91 Å². The summed E-state index contributed by atoms with van der Waals surface area (Å²) in [5.74, 6) is 0.577. The van der Waals surface area contributed by atoms with Crippen molar-refractivity contribution in [2.45, 2.75) is 33.1 Å². The first kappa shape index (κ1) is 19.3. The number of carbonyl (C=O) groups excluding carboxylic acids is 1. The summed E-state index contributed by atoms with van der Waals surface area (Å²) in [5.41, 5.74) is 1.72. The number of nitrogens with zero attached hydrogens (tertiary/aromatic N) is 3. The SMILES string of the molecule is Cc1cccc(C(=O)N2CCCN(S(=O)(=O)N3CCC(C)CC3)CC2)c1. The van der Waals surface area contributed by atoms with Gasteiger partial charge in [-0.2, -0.15) is 17.0 Å². The van der Waals surface area contributed by atoms with E-state index in [0.29, 0.717) is 57.2 Å². The molecule has 0 aliphatic carbocycles. The molecule has 0 N–H and O–H groups in total. The van der Waals surface area contributed by atoms with Gasteiger partial charge in [-0.1, -0.05) is 24.6 Å². The topological polar surface area (TPSA) is 60.9 Å². The molecule has 0 aromatic heterocycles. The van der Waals surface area contributed by atoms with E-state index in [1.165, 1.54) is 0 Å². The zero-order valence-corrected chi connectivity index (χ0v) is 16.5. The maximum absolute atomic E-state index is 12.9. The summed E-state index contributed by atoms with van der Waals surface area (Å²) in [6.07, 6.45) is 2.51. The quantitative estimate of drug-likeness (QED) is 0.808. The maximum Gasteiger partial charge on any atom is 0.282 e. The van der Waals surface area contributed by atoms with Crippen molar-refractivity contribution >= 4 is 16.1 Å². The Morgan fingerprint density at radius 2 is 1.69 bits per heavy atom. The van der Waals surface area contributed by atoms with Crippen LogP contribution in [-0.4, -0.2) is 67.1 Å². The van der Waals surface area contributed by atoms with Crippen LogP contribution in [-0.2, 0) is 10.2 Å². The molecule has 26 heavy (non-hydrogen) atoms. The van der Waals surface area contributed by atoms with Crippen molar-refractivity contribution < 1.29 is 13.2 Å². The van der Waals surface area contributed by atoms with E-state index < -0.39 is 10.2 Å². The summed E-state index contributed by atoms with van der Waals surface area (Å²) in [6.45, 7) is 7.22. The zero-order valence-electron chi connectivity index (χ0n) is 15.7. The normalized spacial score (nSPS) is 21.5. The number of rotatable bonds is 3. The second kappa shape index (κ2) is 8.06. The zero-order chi connectivity index (χ0) is 18.7. The fraction of sp³-hybridized carbons (Fsp3) is 0.632. The van der Waals surface area contributed by atoms with Crippen LogP contribution >= 0.6 is 0 Å². The molecule has 2 heterocycles. The van der Waals surface area contributed by atoms with Gasteiger partial charge in [0.1, 0.15) is 0 Å². The second-order valence-electron chi connectivity index (χ2n) is 7.50. The molecule has 2 aliphatic heterocycles. The van der Waals surface area contributed by atoms with Crippen molar-refractivity contribution in [3.05, 3.63) is 35.4 Å². The van der Waals surface area contributed by atoms with Gasteiger partial charge in [-0.25, -0.2) is 0 Å². The lowest BCUT2D eigenvalue weighted by atomic mass is 10.0. The van der Waals surface area contributed by atoms with Gasteiger partial charge in [0.2, 0.25) is 0 Å². The Morgan fingerprint density at radius 3 is 2.38 bits per heavy atom. The molecule has 2 fully saturated rings. The van der Waals surface area contributed by atoms with E-state index in [2.05, 4.69) is 6.92 Å². The van der Waals surface area contributed by atoms with Gasteiger partial charge in [-0.3, -0.25) is 4.79 Å². The Labute approximate surface area is 157 Å². The van der Waals surface area contributed by atoms with Gasteiger partial charge >= 0.3 is 0 Å². The van der Waals surface area contributed by atoms with Crippen LogP contribution in [0.1, 0.15) is 42.1 Å². The third-order valence-corrected chi connectivity index (χ3v) is 7.44. The molecular weight excluding hydrogens is 350 g/mol. The lowest BCUT2D eigenvalue weighted by Gasteiger charge is -2.33. The van der Waals surface area contributed by atoms with Crippen molar-refractivity contribution in [1.29, 1.82) is 0 Å². The van der Waals surface area contributed by atoms with E-state index in [9.17, 15) is 13.2 Å². The Morgan fingerprint density at radius 1 is 1.00 bits per heavy atom. The van der Waals surface area contributed by atoms with Crippen LogP contribution in [0.4, 0.5) is 0 Å². The lowest BCUT2D eigenvalue weighted by molar-refractivity contribution is 0.0764. The van der Waals surface area contributed by atoms with Crippen molar-refractivity contribution in [3.63, 3.8) is 0 Å². The van der Waals surface area contributed by atoms with Gasteiger partial charge in [0.25, 0.3) is 16.1 Å². The third-order valence-electron chi connectivity index (χ3n) is 5.40. The average molecular weight is 380 g/mol. The number of aryl methyl sites for hydroxylation is 1.